The first-order chi connectivity index (χ1) is 9.09. The fraction of sp³-hybridized carbons (Fsp3) is 0.0909. The molecule has 0 aliphatic carbocycles. The van der Waals surface area contributed by atoms with E-state index in [-0.39, 0.29) is 11.3 Å². The Morgan fingerprint density at radius 1 is 0.800 bits per heavy atom. The van der Waals surface area contributed by atoms with E-state index in [9.17, 15) is 14.2 Å². The van der Waals surface area contributed by atoms with E-state index in [1.165, 1.54) is 36.4 Å². The van der Waals surface area contributed by atoms with E-state index in [1.807, 2.05) is 0 Å². The molecule has 0 saturated carbocycles. The summed E-state index contributed by atoms with van der Waals surface area (Å²) in [6, 6.07) is 8.24. The monoisotopic (exact) mass is 318 g/mol. The summed E-state index contributed by atoms with van der Waals surface area (Å²) in [6.45, 7) is 0. The van der Waals surface area contributed by atoms with Gasteiger partial charge in [0.25, 0.3) is 0 Å². The fourth-order valence-corrected chi connectivity index (χ4v) is 4.66. The molecule has 0 aliphatic rings. The molecule has 0 amide bonds. The molecule has 2 aromatic carbocycles. The number of benzene rings is 2. The zero-order valence-corrected chi connectivity index (χ0v) is 11.8. The Kier molecular flexibility index (Phi) is 3.77. The van der Waals surface area contributed by atoms with Crippen LogP contribution in [0.15, 0.2) is 36.4 Å². The summed E-state index contributed by atoms with van der Waals surface area (Å²) in [5.74, 6) is 0.0202. The third kappa shape index (κ3) is 3.10. The van der Waals surface area contributed by atoms with Gasteiger partial charge in [-0.2, -0.15) is 0 Å². The second-order valence-electron chi connectivity index (χ2n) is 4.34. The van der Waals surface area contributed by atoms with E-state index in [1.54, 1.807) is 0 Å². The first kappa shape index (κ1) is 15.2. The van der Waals surface area contributed by atoms with Crippen molar-refractivity contribution in [2.75, 3.05) is 0 Å². The molecular weight excluding hydrogens is 306 g/mol. The van der Waals surface area contributed by atoms with Crippen LogP contribution in [0.3, 0.4) is 0 Å². The first-order valence-electron chi connectivity index (χ1n) is 5.42. The normalized spacial score (nSPS) is 13.1. The lowest BCUT2D eigenvalue weighted by atomic mass is 10.1. The summed E-state index contributed by atoms with van der Waals surface area (Å²) in [4.78, 5) is 36.6. The van der Waals surface area contributed by atoms with Crippen LogP contribution in [0.2, 0.25) is 0 Å². The summed E-state index contributed by atoms with van der Waals surface area (Å²) in [5.41, 5.74) is -0.148. The van der Waals surface area contributed by atoms with Crippen molar-refractivity contribution in [3.05, 3.63) is 42.0 Å². The van der Waals surface area contributed by atoms with Gasteiger partial charge < -0.3 is 24.7 Å². The molecule has 2 aromatic rings. The number of rotatable bonds is 3. The van der Waals surface area contributed by atoms with Gasteiger partial charge in [-0.25, -0.2) is 0 Å². The molecule has 5 N–H and O–H groups in total. The van der Waals surface area contributed by atoms with Crippen molar-refractivity contribution in [1.29, 1.82) is 0 Å². The Labute approximate surface area is 113 Å². The third-order valence-corrected chi connectivity index (χ3v) is 6.46. The molecule has 0 aliphatic heterocycles. The van der Waals surface area contributed by atoms with Gasteiger partial charge in [0.2, 0.25) is 0 Å². The van der Waals surface area contributed by atoms with Crippen molar-refractivity contribution in [2.24, 2.45) is 0 Å². The SMILES string of the molecule is O=P(O)(O)C(c1ccc2cc(O)ccc2c1)P(=O)(O)O. The molecule has 108 valence electrons. The van der Waals surface area contributed by atoms with Crippen LogP contribution in [0, 0.1) is 0 Å². The number of fused-ring (bicyclic) bond motifs is 1. The minimum Gasteiger partial charge on any atom is -0.508 e. The van der Waals surface area contributed by atoms with E-state index in [2.05, 4.69) is 0 Å². The molecule has 0 unspecified atom stereocenters. The Morgan fingerprint density at radius 3 is 1.85 bits per heavy atom. The van der Waals surface area contributed by atoms with Crippen LogP contribution in [-0.2, 0) is 9.13 Å². The van der Waals surface area contributed by atoms with Crippen molar-refractivity contribution in [1.82, 2.24) is 0 Å². The van der Waals surface area contributed by atoms with Crippen molar-refractivity contribution in [3.8, 4) is 5.75 Å². The zero-order valence-electron chi connectivity index (χ0n) is 9.99. The van der Waals surface area contributed by atoms with Crippen LogP contribution in [-0.4, -0.2) is 24.7 Å². The second kappa shape index (κ2) is 4.97. The topological polar surface area (TPSA) is 135 Å². The lowest BCUT2D eigenvalue weighted by molar-refractivity contribution is 0.340. The van der Waals surface area contributed by atoms with Gasteiger partial charge in [-0.1, -0.05) is 18.2 Å². The van der Waals surface area contributed by atoms with Gasteiger partial charge >= 0.3 is 15.2 Å². The molecule has 0 fully saturated rings. The molecule has 0 saturated heterocycles. The molecule has 20 heavy (non-hydrogen) atoms. The summed E-state index contributed by atoms with van der Waals surface area (Å²) < 4.78 is 22.7. The standard InChI is InChI=1S/C11H12O7P2/c12-10-4-3-7-5-9(2-1-8(7)6-10)11(19(13,14)15)20(16,17)18/h1-6,11-12H,(H2,13,14,15)(H2,16,17,18). The number of aromatic hydroxyl groups is 1. The molecule has 7 nitrogen and oxygen atoms in total. The van der Waals surface area contributed by atoms with Crippen molar-refractivity contribution >= 4 is 26.0 Å². The first-order valence-corrected chi connectivity index (χ1v) is 8.78. The second-order valence-corrected chi connectivity index (χ2v) is 8.14. The summed E-state index contributed by atoms with van der Waals surface area (Å²) in [5, 5.41) is 8.23. The summed E-state index contributed by atoms with van der Waals surface area (Å²) in [7, 11) is -10.0. The quantitative estimate of drug-likeness (QED) is 0.545. The van der Waals surface area contributed by atoms with Crippen molar-refractivity contribution in [3.63, 3.8) is 0 Å². The van der Waals surface area contributed by atoms with Gasteiger partial charge in [-0.05, 0) is 34.5 Å². The highest BCUT2D eigenvalue weighted by Gasteiger charge is 2.44. The van der Waals surface area contributed by atoms with Crippen LogP contribution < -0.4 is 0 Å². The molecule has 0 heterocycles. The maximum absolute atomic E-state index is 11.3. The number of phenols is 1. The largest absolute Gasteiger partial charge is 0.508 e. The van der Waals surface area contributed by atoms with E-state index in [0.717, 1.165) is 0 Å². The average Bonchev–Trinajstić information content (AvgIpc) is 2.25. The lowest BCUT2D eigenvalue weighted by Gasteiger charge is -2.20. The van der Waals surface area contributed by atoms with Gasteiger partial charge in [-0.3, -0.25) is 9.13 Å². The maximum atomic E-state index is 11.3. The molecule has 2 rings (SSSR count). The van der Waals surface area contributed by atoms with Crippen LogP contribution in [0.4, 0.5) is 0 Å². The number of hydrogen-bond acceptors (Lipinski definition) is 3. The average molecular weight is 318 g/mol. The summed E-state index contributed by atoms with van der Waals surface area (Å²) in [6.07, 6.45) is 0. The smallest absolute Gasteiger partial charge is 0.345 e. The van der Waals surface area contributed by atoms with Gasteiger partial charge in [0.1, 0.15) is 5.75 Å². The van der Waals surface area contributed by atoms with Crippen LogP contribution in [0.1, 0.15) is 11.0 Å². The zero-order chi connectivity index (χ0) is 15.1. The Balaban J connectivity index is 2.64. The van der Waals surface area contributed by atoms with Crippen LogP contribution in [0.25, 0.3) is 10.8 Å². The van der Waals surface area contributed by atoms with E-state index in [4.69, 9.17) is 19.6 Å². The van der Waals surface area contributed by atoms with Gasteiger partial charge in [0.15, 0.2) is 5.40 Å². The van der Waals surface area contributed by atoms with Crippen LogP contribution in [0.5, 0.6) is 5.75 Å². The highest BCUT2D eigenvalue weighted by Crippen LogP contribution is 2.69. The highest BCUT2D eigenvalue weighted by atomic mass is 31.2. The van der Waals surface area contributed by atoms with Crippen molar-refractivity contribution in [2.45, 2.75) is 5.40 Å². The van der Waals surface area contributed by atoms with Crippen LogP contribution >= 0.6 is 15.2 Å². The third-order valence-electron chi connectivity index (χ3n) is 2.78. The predicted octanol–water partition coefficient (Wildman–Crippen LogP) is 1.90. The molecule has 9 heteroatoms. The molecule has 0 aromatic heterocycles. The molecular formula is C11H12O7P2. The number of phenolic OH excluding ortho intramolecular Hbond substituents is 1. The van der Waals surface area contributed by atoms with Crippen molar-refractivity contribution < 1.29 is 33.8 Å². The minimum absolute atomic E-state index is 0.0202. The van der Waals surface area contributed by atoms with E-state index in [0.29, 0.717) is 10.8 Å². The molecule has 0 radical (unpaired) electrons. The lowest BCUT2D eigenvalue weighted by Crippen LogP contribution is -2.01. The van der Waals surface area contributed by atoms with Gasteiger partial charge in [0.05, 0.1) is 0 Å². The minimum atomic E-state index is -5.02. The molecule has 0 atom stereocenters. The molecule has 0 spiro atoms. The molecule has 0 bridgehead atoms. The maximum Gasteiger partial charge on any atom is 0.345 e. The Hall–Kier alpha value is -1.20. The number of hydrogen-bond donors (Lipinski definition) is 5. The Morgan fingerprint density at radius 2 is 1.30 bits per heavy atom. The highest BCUT2D eigenvalue weighted by molar-refractivity contribution is 7.70. The van der Waals surface area contributed by atoms with E-state index < -0.39 is 20.6 Å². The predicted molar refractivity (Wildman–Crippen MR) is 72.4 cm³/mol. The summed E-state index contributed by atoms with van der Waals surface area (Å²) >= 11 is 0. The fourth-order valence-electron chi connectivity index (χ4n) is 2.00. The van der Waals surface area contributed by atoms with Gasteiger partial charge in [0, 0.05) is 0 Å². The van der Waals surface area contributed by atoms with Gasteiger partial charge in [-0.15, -0.1) is 0 Å². The Bertz CT molecular complexity index is 724. The van der Waals surface area contributed by atoms with E-state index >= 15 is 0 Å².